The summed E-state index contributed by atoms with van der Waals surface area (Å²) in [7, 11) is 1.76. The SMILES string of the molecule is CC[C@@H]1C(=O)N(C)c2cnc(-n3ccnc3-c3ccc(F)cc3)nc2N1[C@H]1CCOC1. The number of fused-ring (bicyclic) bond motifs is 1. The van der Waals surface area contributed by atoms with Gasteiger partial charge in [0.15, 0.2) is 5.82 Å². The van der Waals surface area contributed by atoms with Crippen molar-refractivity contribution in [3.05, 3.63) is 48.7 Å². The molecule has 1 aromatic carbocycles. The summed E-state index contributed by atoms with van der Waals surface area (Å²) in [5.74, 6) is 1.50. The summed E-state index contributed by atoms with van der Waals surface area (Å²) >= 11 is 0. The molecule has 0 saturated carbocycles. The highest BCUT2D eigenvalue weighted by atomic mass is 19.1. The number of ether oxygens (including phenoxy) is 1. The summed E-state index contributed by atoms with van der Waals surface area (Å²) in [4.78, 5) is 30.6. The summed E-state index contributed by atoms with van der Waals surface area (Å²) in [6.07, 6.45) is 6.63. The number of hydrogen-bond acceptors (Lipinski definition) is 6. The number of nitrogens with zero attached hydrogens (tertiary/aromatic N) is 6. The van der Waals surface area contributed by atoms with Crippen LogP contribution in [0.2, 0.25) is 0 Å². The number of imidazole rings is 1. The topological polar surface area (TPSA) is 76.4 Å². The van der Waals surface area contributed by atoms with Gasteiger partial charge in [-0.15, -0.1) is 0 Å². The highest BCUT2D eigenvalue weighted by molar-refractivity contribution is 6.04. The van der Waals surface area contributed by atoms with Crippen LogP contribution < -0.4 is 9.80 Å². The maximum Gasteiger partial charge on any atom is 0.249 e. The first-order valence-corrected chi connectivity index (χ1v) is 10.4. The smallest absolute Gasteiger partial charge is 0.249 e. The Kier molecular flexibility index (Phi) is 4.90. The van der Waals surface area contributed by atoms with Gasteiger partial charge in [-0.05, 0) is 37.1 Å². The van der Waals surface area contributed by atoms with Crippen molar-refractivity contribution in [1.29, 1.82) is 0 Å². The Morgan fingerprint density at radius 1 is 1.23 bits per heavy atom. The molecule has 0 spiro atoms. The van der Waals surface area contributed by atoms with Crippen LogP contribution in [0.15, 0.2) is 42.9 Å². The fraction of sp³-hybridized carbons (Fsp3) is 0.364. The number of halogens is 1. The zero-order valence-electron chi connectivity index (χ0n) is 17.4. The number of carbonyl (C=O) groups excluding carboxylic acids is 1. The molecule has 0 unspecified atom stereocenters. The lowest BCUT2D eigenvalue weighted by molar-refractivity contribution is -0.120. The van der Waals surface area contributed by atoms with Gasteiger partial charge in [-0.3, -0.25) is 9.36 Å². The van der Waals surface area contributed by atoms with E-state index in [9.17, 15) is 9.18 Å². The highest BCUT2D eigenvalue weighted by Gasteiger charge is 2.41. The Morgan fingerprint density at radius 2 is 2.03 bits per heavy atom. The van der Waals surface area contributed by atoms with Gasteiger partial charge in [0, 0.05) is 31.6 Å². The van der Waals surface area contributed by atoms with E-state index < -0.39 is 0 Å². The van der Waals surface area contributed by atoms with E-state index in [1.807, 2.05) is 6.92 Å². The van der Waals surface area contributed by atoms with Gasteiger partial charge >= 0.3 is 0 Å². The molecule has 2 atom stereocenters. The molecule has 0 bridgehead atoms. The van der Waals surface area contributed by atoms with Crippen molar-refractivity contribution in [1.82, 2.24) is 19.5 Å². The molecule has 1 fully saturated rings. The first-order chi connectivity index (χ1) is 15.1. The molecule has 31 heavy (non-hydrogen) atoms. The number of carbonyl (C=O) groups is 1. The minimum atomic E-state index is -0.306. The van der Waals surface area contributed by atoms with E-state index in [0.717, 1.165) is 12.0 Å². The zero-order chi connectivity index (χ0) is 21.5. The van der Waals surface area contributed by atoms with Crippen molar-refractivity contribution in [3.8, 4) is 17.3 Å². The van der Waals surface area contributed by atoms with Crippen molar-refractivity contribution in [2.45, 2.75) is 31.8 Å². The number of hydrogen-bond donors (Lipinski definition) is 0. The standard InChI is InChI=1S/C22H23FN6O2/c1-3-17-21(30)27(2)18-12-25-22(26-20(18)29(17)16-8-11-31-13-16)28-10-9-24-19(28)14-4-6-15(23)7-5-14/h4-7,9-10,12,16-17H,3,8,11,13H2,1-2H3/t16-,17+/m0/s1. The molecule has 160 valence electrons. The Bertz CT molecular complexity index is 1110. The van der Waals surface area contributed by atoms with E-state index in [1.54, 1.807) is 47.2 Å². The second-order valence-electron chi connectivity index (χ2n) is 7.75. The average molecular weight is 422 g/mol. The van der Waals surface area contributed by atoms with Gasteiger partial charge < -0.3 is 14.5 Å². The molecule has 2 aliphatic heterocycles. The second kappa shape index (κ2) is 7.73. The monoisotopic (exact) mass is 422 g/mol. The zero-order valence-corrected chi connectivity index (χ0v) is 17.4. The summed E-state index contributed by atoms with van der Waals surface area (Å²) in [6.45, 7) is 3.25. The van der Waals surface area contributed by atoms with Crippen molar-refractivity contribution in [2.24, 2.45) is 0 Å². The third-order valence-electron chi connectivity index (χ3n) is 5.94. The molecule has 0 radical (unpaired) electrons. The number of aromatic nitrogens is 4. The molecule has 8 nitrogen and oxygen atoms in total. The quantitative estimate of drug-likeness (QED) is 0.644. The Balaban J connectivity index is 1.62. The maximum absolute atomic E-state index is 13.4. The van der Waals surface area contributed by atoms with Crippen LogP contribution in [-0.4, -0.2) is 57.8 Å². The minimum Gasteiger partial charge on any atom is -0.379 e. The van der Waals surface area contributed by atoms with Crippen LogP contribution in [0, 0.1) is 5.82 Å². The lowest BCUT2D eigenvalue weighted by Gasteiger charge is -2.43. The van der Waals surface area contributed by atoms with Crippen LogP contribution >= 0.6 is 0 Å². The van der Waals surface area contributed by atoms with Crippen molar-refractivity contribution >= 4 is 17.4 Å². The lowest BCUT2D eigenvalue weighted by atomic mass is 10.0. The van der Waals surface area contributed by atoms with Gasteiger partial charge in [-0.2, -0.15) is 4.98 Å². The predicted octanol–water partition coefficient (Wildman–Crippen LogP) is 2.82. The fourth-order valence-electron chi connectivity index (χ4n) is 4.33. The molecular weight excluding hydrogens is 399 g/mol. The first-order valence-electron chi connectivity index (χ1n) is 10.4. The number of amides is 1. The highest BCUT2D eigenvalue weighted by Crippen LogP contribution is 2.37. The summed E-state index contributed by atoms with van der Waals surface area (Å²) in [5, 5.41) is 0. The van der Waals surface area contributed by atoms with Crippen LogP contribution in [-0.2, 0) is 9.53 Å². The minimum absolute atomic E-state index is 0.0351. The third-order valence-corrected chi connectivity index (χ3v) is 5.94. The predicted molar refractivity (Wildman–Crippen MR) is 114 cm³/mol. The average Bonchev–Trinajstić information content (AvgIpc) is 3.48. The van der Waals surface area contributed by atoms with Crippen LogP contribution in [0.1, 0.15) is 19.8 Å². The van der Waals surface area contributed by atoms with Crippen LogP contribution in [0.5, 0.6) is 0 Å². The Labute approximate surface area is 179 Å². The van der Waals surface area contributed by atoms with E-state index >= 15 is 0 Å². The first kappa shape index (κ1) is 19.6. The summed E-state index contributed by atoms with van der Waals surface area (Å²) < 4.78 is 20.8. The molecular formula is C22H23FN6O2. The van der Waals surface area contributed by atoms with E-state index in [1.165, 1.54) is 12.1 Å². The molecule has 1 amide bonds. The molecule has 0 aliphatic carbocycles. The fourth-order valence-corrected chi connectivity index (χ4v) is 4.33. The van der Waals surface area contributed by atoms with Gasteiger partial charge in [0.1, 0.15) is 23.4 Å². The van der Waals surface area contributed by atoms with Gasteiger partial charge in [-0.1, -0.05) is 6.92 Å². The van der Waals surface area contributed by atoms with E-state index in [2.05, 4.69) is 14.9 Å². The van der Waals surface area contributed by atoms with Crippen molar-refractivity contribution in [2.75, 3.05) is 30.1 Å². The molecule has 9 heteroatoms. The molecule has 0 N–H and O–H groups in total. The summed E-state index contributed by atoms with van der Waals surface area (Å²) in [5.41, 5.74) is 1.43. The number of benzene rings is 1. The van der Waals surface area contributed by atoms with Crippen LogP contribution in [0.3, 0.4) is 0 Å². The van der Waals surface area contributed by atoms with Gasteiger partial charge in [-0.25, -0.2) is 14.4 Å². The van der Waals surface area contributed by atoms with E-state index in [-0.39, 0.29) is 23.8 Å². The maximum atomic E-state index is 13.4. The van der Waals surface area contributed by atoms with Gasteiger partial charge in [0.2, 0.25) is 11.9 Å². The van der Waals surface area contributed by atoms with Crippen molar-refractivity contribution in [3.63, 3.8) is 0 Å². The van der Waals surface area contributed by atoms with E-state index in [4.69, 9.17) is 9.72 Å². The van der Waals surface area contributed by atoms with Crippen LogP contribution in [0.4, 0.5) is 15.9 Å². The summed E-state index contributed by atoms with van der Waals surface area (Å²) in [6, 6.07) is 5.93. The van der Waals surface area contributed by atoms with E-state index in [0.29, 0.717) is 42.9 Å². The number of likely N-dealkylation sites (N-methyl/N-ethyl adjacent to an activating group) is 1. The third kappa shape index (κ3) is 3.25. The molecule has 2 aliphatic rings. The Hall–Kier alpha value is -3.33. The van der Waals surface area contributed by atoms with Crippen molar-refractivity contribution < 1.29 is 13.9 Å². The number of anilines is 2. The van der Waals surface area contributed by atoms with Crippen LogP contribution in [0.25, 0.3) is 17.3 Å². The van der Waals surface area contributed by atoms with Gasteiger partial charge in [0.25, 0.3) is 0 Å². The lowest BCUT2D eigenvalue weighted by Crippen LogP contribution is -2.56. The second-order valence-corrected chi connectivity index (χ2v) is 7.75. The number of rotatable bonds is 4. The molecule has 3 aromatic rings. The largest absolute Gasteiger partial charge is 0.379 e. The molecule has 4 heterocycles. The molecule has 5 rings (SSSR count). The Morgan fingerprint density at radius 3 is 2.74 bits per heavy atom. The molecule has 1 saturated heterocycles. The van der Waals surface area contributed by atoms with Gasteiger partial charge in [0.05, 0.1) is 18.8 Å². The molecule has 2 aromatic heterocycles. The normalized spacial score (nSPS) is 20.9.